The number of aliphatic hydroxyl groups excluding tert-OH is 1. The summed E-state index contributed by atoms with van der Waals surface area (Å²) in [6.45, 7) is 1.80. The van der Waals surface area contributed by atoms with Crippen LogP contribution in [0.15, 0.2) is 48.5 Å². The molecule has 0 radical (unpaired) electrons. The largest absolute Gasteiger partial charge is 0.453 e. The van der Waals surface area contributed by atoms with E-state index in [0.717, 1.165) is 35.1 Å². The van der Waals surface area contributed by atoms with Crippen LogP contribution in [0.25, 0.3) is 11.1 Å². The van der Waals surface area contributed by atoms with E-state index in [2.05, 4.69) is 12.1 Å². The summed E-state index contributed by atoms with van der Waals surface area (Å²) in [4.78, 5) is 29.1. The fraction of sp³-hybridized carbons (Fsp3) is 0.417. The minimum atomic E-state index is -0.432. The topological polar surface area (TPSA) is 70.1 Å². The summed E-state index contributed by atoms with van der Waals surface area (Å²) >= 11 is 0. The zero-order chi connectivity index (χ0) is 21.1. The van der Waals surface area contributed by atoms with Crippen molar-refractivity contribution in [1.82, 2.24) is 9.80 Å². The lowest BCUT2D eigenvalue weighted by molar-refractivity contribution is -0.133. The number of nitrogens with zero attached hydrogens (tertiary/aromatic N) is 2. The van der Waals surface area contributed by atoms with Gasteiger partial charge in [-0.15, -0.1) is 0 Å². The van der Waals surface area contributed by atoms with Crippen molar-refractivity contribution in [1.29, 1.82) is 0 Å². The molecule has 0 atom stereocenters. The summed E-state index contributed by atoms with van der Waals surface area (Å²) in [6, 6.07) is 15.9. The minimum absolute atomic E-state index is 0.0415. The number of likely N-dealkylation sites (tertiary alicyclic amines) is 1. The van der Waals surface area contributed by atoms with E-state index in [1.54, 1.807) is 4.90 Å². The summed E-state index contributed by atoms with van der Waals surface area (Å²) < 4.78 is 5.10. The van der Waals surface area contributed by atoms with Crippen molar-refractivity contribution in [3.8, 4) is 11.1 Å². The van der Waals surface area contributed by atoms with Gasteiger partial charge in [-0.05, 0) is 41.0 Å². The van der Waals surface area contributed by atoms with Crippen LogP contribution in [0.5, 0.6) is 0 Å². The Kier molecular flexibility index (Phi) is 6.04. The summed E-state index contributed by atoms with van der Waals surface area (Å²) in [5.41, 5.74) is 4.34. The first kappa shape index (κ1) is 20.4. The van der Waals surface area contributed by atoms with Gasteiger partial charge in [0.25, 0.3) is 0 Å². The second-order valence-electron chi connectivity index (χ2n) is 8.00. The number of methoxy groups -OCH3 is 1. The molecule has 4 rings (SSSR count). The van der Waals surface area contributed by atoms with Crippen molar-refractivity contribution in [3.05, 3.63) is 59.7 Å². The molecule has 2 amide bonds. The number of piperidine rings is 1. The predicted molar refractivity (Wildman–Crippen MR) is 114 cm³/mol. The van der Waals surface area contributed by atoms with Crippen LogP contribution in [0.2, 0.25) is 0 Å². The van der Waals surface area contributed by atoms with Crippen molar-refractivity contribution in [2.45, 2.75) is 25.3 Å². The maximum Gasteiger partial charge on any atom is 0.410 e. The molecule has 1 saturated heterocycles. The number of aliphatic hydroxyl groups is 1. The van der Waals surface area contributed by atoms with Gasteiger partial charge in [-0.1, -0.05) is 48.5 Å². The van der Waals surface area contributed by atoms with E-state index in [-0.39, 0.29) is 30.9 Å². The van der Waals surface area contributed by atoms with Gasteiger partial charge in [0, 0.05) is 32.7 Å². The number of ether oxygens (including phenoxy) is 1. The van der Waals surface area contributed by atoms with E-state index >= 15 is 0 Å². The Balaban J connectivity index is 1.54. The molecule has 6 heteroatoms. The standard InChI is InChI=1S/C24H28N2O4/c1-30-24(29)26(15-12-22(28)25-13-10-17(16-27)11-14-25)23-20-8-4-2-6-18(20)19-7-3-5-9-21(19)23/h2-9,17,23,27H,10-16H2,1H3. The molecular weight excluding hydrogens is 380 g/mol. The van der Waals surface area contributed by atoms with Gasteiger partial charge in [0.05, 0.1) is 13.2 Å². The third-order valence-electron chi connectivity index (χ3n) is 6.31. The summed E-state index contributed by atoms with van der Waals surface area (Å²) in [7, 11) is 1.38. The molecule has 1 aliphatic carbocycles. The first-order valence-corrected chi connectivity index (χ1v) is 10.6. The molecule has 158 valence electrons. The van der Waals surface area contributed by atoms with Gasteiger partial charge in [0.15, 0.2) is 0 Å². The highest BCUT2D eigenvalue weighted by atomic mass is 16.5. The smallest absolute Gasteiger partial charge is 0.410 e. The van der Waals surface area contributed by atoms with Crippen LogP contribution < -0.4 is 0 Å². The maximum atomic E-state index is 12.8. The number of amides is 2. The Morgan fingerprint density at radius 1 is 1.03 bits per heavy atom. The number of carbonyl (C=O) groups excluding carboxylic acids is 2. The van der Waals surface area contributed by atoms with E-state index in [1.165, 1.54) is 7.11 Å². The van der Waals surface area contributed by atoms with E-state index < -0.39 is 6.09 Å². The molecule has 0 aromatic heterocycles. The first-order chi connectivity index (χ1) is 14.6. The number of carbonyl (C=O) groups is 2. The van der Waals surface area contributed by atoms with E-state index in [1.807, 2.05) is 41.3 Å². The van der Waals surface area contributed by atoms with Gasteiger partial charge in [-0.2, -0.15) is 0 Å². The van der Waals surface area contributed by atoms with Gasteiger partial charge < -0.3 is 14.7 Å². The maximum absolute atomic E-state index is 12.8. The van der Waals surface area contributed by atoms with Crippen LogP contribution in [-0.2, 0) is 9.53 Å². The molecule has 1 N–H and O–H groups in total. The SMILES string of the molecule is COC(=O)N(CCC(=O)N1CCC(CO)CC1)C1c2ccccc2-c2ccccc21. The fourth-order valence-electron chi connectivity index (χ4n) is 4.65. The molecule has 1 aliphatic heterocycles. The highest BCUT2D eigenvalue weighted by molar-refractivity contribution is 5.82. The van der Waals surface area contributed by atoms with Crippen LogP contribution in [0.4, 0.5) is 4.79 Å². The molecule has 6 nitrogen and oxygen atoms in total. The quantitative estimate of drug-likeness (QED) is 0.823. The normalized spacial score (nSPS) is 16.1. The van der Waals surface area contributed by atoms with Crippen LogP contribution in [0, 0.1) is 5.92 Å². The second kappa shape index (κ2) is 8.88. The molecule has 0 saturated carbocycles. The Morgan fingerprint density at radius 3 is 2.13 bits per heavy atom. The molecule has 2 aromatic carbocycles. The van der Waals surface area contributed by atoms with Crippen LogP contribution >= 0.6 is 0 Å². The molecule has 2 aliphatic rings. The number of benzene rings is 2. The Labute approximate surface area is 177 Å². The number of rotatable bonds is 5. The van der Waals surface area contributed by atoms with Gasteiger partial charge in [0.1, 0.15) is 0 Å². The third kappa shape index (κ3) is 3.79. The molecule has 0 unspecified atom stereocenters. The van der Waals surface area contributed by atoms with Crippen molar-refractivity contribution in [2.24, 2.45) is 5.92 Å². The van der Waals surface area contributed by atoms with Crippen molar-refractivity contribution < 1.29 is 19.4 Å². The van der Waals surface area contributed by atoms with Crippen molar-refractivity contribution >= 4 is 12.0 Å². The van der Waals surface area contributed by atoms with Crippen molar-refractivity contribution in [3.63, 3.8) is 0 Å². The van der Waals surface area contributed by atoms with E-state index in [0.29, 0.717) is 19.6 Å². The highest BCUT2D eigenvalue weighted by Gasteiger charge is 2.36. The summed E-state index contributed by atoms with van der Waals surface area (Å²) in [5, 5.41) is 9.30. The number of hydrogen-bond donors (Lipinski definition) is 1. The molecule has 30 heavy (non-hydrogen) atoms. The number of hydrogen-bond acceptors (Lipinski definition) is 4. The average Bonchev–Trinajstić information content (AvgIpc) is 3.13. The lowest BCUT2D eigenvalue weighted by atomic mass is 9.97. The second-order valence-corrected chi connectivity index (χ2v) is 8.00. The van der Waals surface area contributed by atoms with Gasteiger partial charge in [-0.3, -0.25) is 9.69 Å². The summed E-state index contributed by atoms with van der Waals surface area (Å²) in [5.74, 6) is 0.326. The van der Waals surface area contributed by atoms with Crippen LogP contribution in [0.3, 0.4) is 0 Å². The zero-order valence-electron chi connectivity index (χ0n) is 17.3. The molecular formula is C24H28N2O4. The molecule has 0 bridgehead atoms. The highest BCUT2D eigenvalue weighted by Crippen LogP contribution is 2.46. The number of fused-ring (bicyclic) bond motifs is 3. The van der Waals surface area contributed by atoms with E-state index in [9.17, 15) is 14.7 Å². The van der Waals surface area contributed by atoms with Crippen LogP contribution in [0.1, 0.15) is 36.4 Å². The van der Waals surface area contributed by atoms with Crippen molar-refractivity contribution in [2.75, 3.05) is 33.4 Å². The van der Waals surface area contributed by atoms with Crippen LogP contribution in [-0.4, -0.2) is 60.3 Å². The Morgan fingerprint density at radius 2 is 1.60 bits per heavy atom. The molecule has 2 aromatic rings. The van der Waals surface area contributed by atoms with E-state index in [4.69, 9.17) is 4.74 Å². The van der Waals surface area contributed by atoms with Gasteiger partial charge in [0.2, 0.25) is 5.91 Å². The van der Waals surface area contributed by atoms with Gasteiger partial charge in [-0.25, -0.2) is 4.79 Å². The molecule has 1 fully saturated rings. The predicted octanol–water partition coefficient (Wildman–Crippen LogP) is 3.45. The first-order valence-electron chi connectivity index (χ1n) is 10.6. The minimum Gasteiger partial charge on any atom is -0.453 e. The third-order valence-corrected chi connectivity index (χ3v) is 6.31. The Bertz CT molecular complexity index is 875. The lowest BCUT2D eigenvalue weighted by Gasteiger charge is -2.33. The molecule has 1 heterocycles. The zero-order valence-corrected chi connectivity index (χ0v) is 17.3. The average molecular weight is 408 g/mol. The monoisotopic (exact) mass is 408 g/mol. The lowest BCUT2D eigenvalue weighted by Crippen LogP contribution is -2.42. The Hall–Kier alpha value is -2.86. The fourth-order valence-corrected chi connectivity index (χ4v) is 4.65. The van der Waals surface area contributed by atoms with Gasteiger partial charge >= 0.3 is 6.09 Å². The summed E-state index contributed by atoms with van der Waals surface area (Å²) in [6.07, 6.45) is 1.47. The molecule has 0 spiro atoms.